The first kappa shape index (κ1) is 15.8. The molecule has 0 spiro atoms. The van der Waals surface area contributed by atoms with Crippen LogP contribution in [0.15, 0.2) is 46.6 Å². The summed E-state index contributed by atoms with van der Waals surface area (Å²) < 4.78 is 12.0. The summed E-state index contributed by atoms with van der Waals surface area (Å²) in [6.07, 6.45) is 0.676. The van der Waals surface area contributed by atoms with E-state index in [9.17, 15) is 10.1 Å². The molecule has 23 heavy (non-hydrogen) atoms. The number of fused-ring (bicyclic) bond motifs is 1. The number of benzene rings is 2. The quantitative estimate of drug-likeness (QED) is 0.549. The van der Waals surface area contributed by atoms with Crippen molar-refractivity contribution in [3.63, 3.8) is 0 Å². The van der Waals surface area contributed by atoms with Crippen LogP contribution in [0.3, 0.4) is 0 Å². The molecule has 0 saturated carbocycles. The van der Waals surface area contributed by atoms with E-state index in [-0.39, 0.29) is 5.70 Å². The normalized spacial score (nSPS) is 16.1. The average Bonchev–Trinajstić information content (AvgIpc) is 2.53. The number of hydrogen-bond acceptors (Lipinski definition) is 4. The van der Waals surface area contributed by atoms with E-state index < -0.39 is 11.0 Å². The maximum absolute atomic E-state index is 11.4. The summed E-state index contributed by atoms with van der Waals surface area (Å²) in [6.45, 7) is 0. The van der Waals surface area contributed by atoms with Crippen LogP contribution in [0.2, 0.25) is 5.02 Å². The maximum atomic E-state index is 11.4. The minimum Gasteiger partial charge on any atom is -0.493 e. The van der Waals surface area contributed by atoms with Crippen molar-refractivity contribution in [2.24, 2.45) is 0 Å². The summed E-state index contributed by atoms with van der Waals surface area (Å²) in [5.41, 5.74) is 1.20. The Labute approximate surface area is 145 Å². The second-order valence-corrected chi connectivity index (χ2v) is 6.25. The third-order valence-corrected chi connectivity index (χ3v) is 4.17. The monoisotopic (exact) mass is 395 g/mol. The Balaban J connectivity index is 2.14. The molecule has 0 saturated heterocycles. The molecule has 5 nitrogen and oxygen atoms in total. The van der Waals surface area contributed by atoms with E-state index in [1.165, 1.54) is 13.2 Å². The van der Waals surface area contributed by atoms with Gasteiger partial charge in [0.2, 0.25) is 6.10 Å². The summed E-state index contributed by atoms with van der Waals surface area (Å²) in [4.78, 5) is 11.0. The molecule has 0 bridgehead atoms. The first-order valence-corrected chi connectivity index (χ1v) is 7.82. The smallest absolute Gasteiger partial charge is 0.291 e. The Morgan fingerprint density at radius 2 is 2.00 bits per heavy atom. The molecule has 1 atom stereocenters. The van der Waals surface area contributed by atoms with Crippen LogP contribution >= 0.6 is 27.5 Å². The highest BCUT2D eigenvalue weighted by molar-refractivity contribution is 9.10. The summed E-state index contributed by atoms with van der Waals surface area (Å²) in [5, 5.41) is 12.0. The zero-order valence-corrected chi connectivity index (χ0v) is 14.3. The lowest BCUT2D eigenvalue weighted by atomic mass is 10.0. The van der Waals surface area contributed by atoms with Gasteiger partial charge in [0.05, 0.1) is 12.0 Å². The molecule has 1 unspecified atom stereocenters. The summed E-state index contributed by atoms with van der Waals surface area (Å²) in [5.74, 6) is 0.980. The Bertz CT molecular complexity index is 804. The molecule has 7 heteroatoms. The molecule has 118 valence electrons. The van der Waals surface area contributed by atoms with Crippen molar-refractivity contribution in [1.82, 2.24) is 0 Å². The van der Waals surface area contributed by atoms with E-state index in [2.05, 4.69) is 15.9 Å². The average molecular weight is 397 g/mol. The van der Waals surface area contributed by atoms with Gasteiger partial charge in [-0.2, -0.15) is 0 Å². The van der Waals surface area contributed by atoms with Crippen LogP contribution in [-0.2, 0) is 0 Å². The molecule has 0 aromatic heterocycles. The Morgan fingerprint density at radius 1 is 1.30 bits per heavy atom. The van der Waals surface area contributed by atoms with Crippen LogP contribution in [0.25, 0.3) is 6.08 Å². The second kappa shape index (κ2) is 6.22. The van der Waals surface area contributed by atoms with Gasteiger partial charge in [-0.25, -0.2) is 0 Å². The first-order valence-electron chi connectivity index (χ1n) is 6.65. The highest BCUT2D eigenvalue weighted by Crippen LogP contribution is 2.44. The number of hydrogen-bond donors (Lipinski definition) is 0. The highest BCUT2D eigenvalue weighted by Gasteiger charge is 2.34. The molecule has 2 aromatic rings. The fraction of sp³-hybridized carbons (Fsp3) is 0.125. The van der Waals surface area contributed by atoms with Gasteiger partial charge in [0, 0.05) is 26.7 Å². The minimum absolute atomic E-state index is 0.0417. The van der Waals surface area contributed by atoms with Crippen LogP contribution in [0.5, 0.6) is 11.5 Å². The van der Waals surface area contributed by atoms with E-state index in [0.29, 0.717) is 27.6 Å². The molecule has 0 N–H and O–H groups in total. The predicted molar refractivity (Wildman–Crippen MR) is 90.5 cm³/mol. The zero-order chi connectivity index (χ0) is 16.6. The van der Waals surface area contributed by atoms with Crippen molar-refractivity contribution in [1.29, 1.82) is 0 Å². The molecule has 0 fully saturated rings. The lowest BCUT2D eigenvalue weighted by Gasteiger charge is -2.24. The third-order valence-electron chi connectivity index (χ3n) is 3.46. The number of rotatable bonds is 3. The van der Waals surface area contributed by atoms with Gasteiger partial charge in [0.25, 0.3) is 5.70 Å². The fourth-order valence-corrected chi connectivity index (χ4v) is 2.99. The zero-order valence-electron chi connectivity index (χ0n) is 12.0. The van der Waals surface area contributed by atoms with Crippen LogP contribution in [-0.4, -0.2) is 12.0 Å². The minimum atomic E-state index is -0.829. The highest BCUT2D eigenvalue weighted by atomic mass is 79.9. The summed E-state index contributed by atoms with van der Waals surface area (Å²) in [7, 11) is 1.52. The van der Waals surface area contributed by atoms with Crippen LogP contribution in [0.4, 0.5) is 0 Å². The number of ether oxygens (including phenoxy) is 2. The van der Waals surface area contributed by atoms with E-state index in [4.69, 9.17) is 21.1 Å². The van der Waals surface area contributed by atoms with Crippen LogP contribution < -0.4 is 9.47 Å². The molecule has 0 aliphatic carbocycles. The van der Waals surface area contributed by atoms with Crippen molar-refractivity contribution in [3.8, 4) is 11.5 Å². The van der Waals surface area contributed by atoms with Gasteiger partial charge in [-0.3, -0.25) is 10.1 Å². The van der Waals surface area contributed by atoms with Gasteiger partial charge >= 0.3 is 0 Å². The molecule has 1 heterocycles. The number of methoxy groups -OCH3 is 1. The van der Waals surface area contributed by atoms with Crippen molar-refractivity contribution in [3.05, 3.63) is 72.8 Å². The molecular weight excluding hydrogens is 386 g/mol. The standard InChI is InChI=1S/C16H11BrClNO4/c1-22-14-8-11(17)6-10-7-13(19(20)21)15(23-16(10)14)9-2-4-12(18)5-3-9/h2-8,15H,1H3. The van der Waals surface area contributed by atoms with Gasteiger partial charge in [0.1, 0.15) is 0 Å². The molecule has 0 amide bonds. The van der Waals surface area contributed by atoms with E-state index in [0.717, 1.165) is 4.47 Å². The SMILES string of the molecule is COc1cc(Br)cc2c1OC(c1ccc(Cl)cc1)C([N+](=O)[O-])=C2. The molecule has 1 aliphatic heterocycles. The van der Waals surface area contributed by atoms with Crippen molar-refractivity contribution >= 4 is 33.6 Å². The molecule has 2 aromatic carbocycles. The fourth-order valence-electron chi connectivity index (χ4n) is 2.41. The summed E-state index contributed by atoms with van der Waals surface area (Å²) in [6, 6.07) is 10.3. The number of nitro groups is 1. The van der Waals surface area contributed by atoms with Gasteiger partial charge < -0.3 is 9.47 Å². The number of nitrogens with zero attached hydrogens (tertiary/aromatic N) is 1. The maximum Gasteiger partial charge on any atom is 0.291 e. The van der Waals surface area contributed by atoms with Crippen molar-refractivity contribution < 1.29 is 14.4 Å². The Kier molecular flexibility index (Phi) is 4.28. The van der Waals surface area contributed by atoms with E-state index >= 15 is 0 Å². The Morgan fingerprint density at radius 3 is 2.61 bits per heavy atom. The largest absolute Gasteiger partial charge is 0.493 e. The van der Waals surface area contributed by atoms with Crippen molar-refractivity contribution in [2.75, 3.05) is 7.11 Å². The van der Waals surface area contributed by atoms with Crippen LogP contribution in [0.1, 0.15) is 17.2 Å². The van der Waals surface area contributed by atoms with E-state index in [1.54, 1.807) is 36.4 Å². The molecule has 3 rings (SSSR count). The predicted octanol–water partition coefficient (Wildman–Crippen LogP) is 4.86. The third kappa shape index (κ3) is 3.04. The second-order valence-electron chi connectivity index (χ2n) is 4.90. The van der Waals surface area contributed by atoms with Gasteiger partial charge in [-0.1, -0.05) is 39.7 Å². The number of halogens is 2. The van der Waals surface area contributed by atoms with Gasteiger partial charge in [-0.05, 0) is 24.3 Å². The summed E-state index contributed by atoms with van der Waals surface area (Å²) >= 11 is 9.24. The lowest BCUT2D eigenvalue weighted by Crippen LogP contribution is -2.20. The first-order chi connectivity index (χ1) is 11.0. The van der Waals surface area contributed by atoms with Crippen molar-refractivity contribution in [2.45, 2.75) is 6.10 Å². The van der Waals surface area contributed by atoms with Gasteiger partial charge in [-0.15, -0.1) is 0 Å². The molecular formula is C16H11BrClNO4. The van der Waals surface area contributed by atoms with E-state index in [1.807, 2.05) is 0 Å². The van der Waals surface area contributed by atoms with Crippen LogP contribution in [0, 0.1) is 10.1 Å². The Hall–Kier alpha value is -2.05. The lowest BCUT2D eigenvalue weighted by molar-refractivity contribution is -0.434. The van der Waals surface area contributed by atoms with Gasteiger partial charge in [0.15, 0.2) is 11.5 Å². The molecule has 0 radical (unpaired) electrons. The topological polar surface area (TPSA) is 61.6 Å². The molecule has 1 aliphatic rings.